The van der Waals surface area contributed by atoms with Gasteiger partial charge in [-0.1, -0.05) is 13.8 Å². The third-order valence-corrected chi connectivity index (χ3v) is 5.61. The topological polar surface area (TPSA) is 75.3 Å². The Morgan fingerprint density at radius 2 is 1.77 bits per heavy atom. The number of carbonyl (C=O) groups excluding carboxylic acids is 1. The molecule has 0 spiro atoms. The van der Waals surface area contributed by atoms with Crippen molar-refractivity contribution in [1.29, 1.82) is 0 Å². The van der Waals surface area contributed by atoms with Crippen LogP contribution >= 0.6 is 11.8 Å². The van der Waals surface area contributed by atoms with E-state index < -0.39 is 21.7 Å². The first-order chi connectivity index (χ1) is 12.1. The number of nitrogens with one attached hydrogen (secondary N) is 2. The van der Waals surface area contributed by atoms with Gasteiger partial charge in [-0.25, -0.2) is 17.2 Å². The van der Waals surface area contributed by atoms with E-state index in [0.717, 1.165) is 18.2 Å². The van der Waals surface area contributed by atoms with Crippen LogP contribution in [0.25, 0.3) is 0 Å². The monoisotopic (exact) mass is 400 g/mol. The van der Waals surface area contributed by atoms with Crippen molar-refractivity contribution in [3.8, 4) is 0 Å². The first kappa shape index (κ1) is 20.2. The van der Waals surface area contributed by atoms with E-state index in [-0.39, 0.29) is 22.4 Å². The van der Waals surface area contributed by atoms with Gasteiger partial charge in [-0.3, -0.25) is 9.52 Å². The van der Waals surface area contributed by atoms with Crippen molar-refractivity contribution in [2.45, 2.75) is 23.6 Å². The van der Waals surface area contributed by atoms with Crippen LogP contribution < -0.4 is 10.0 Å². The van der Waals surface area contributed by atoms with Gasteiger partial charge in [0, 0.05) is 16.9 Å². The van der Waals surface area contributed by atoms with E-state index in [0.29, 0.717) is 10.6 Å². The summed E-state index contributed by atoms with van der Waals surface area (Å²) in [6, 6.07) is 6.98. The van der Waals surface area contributed by atoms with Crippen molar-refractivity contribution in [2.75, 3.05) is 16.3 Å². The van der Waals surface area contributed by atoms with E-state index in [2.05, 4.69) is 10.0 Å². The molecule has 0 aliphatic rings. The first-order valence-electron chi connectivity index (χ1n) is 7.61. The molecule has 26 heavy (non-hydrogen) atoms. The molecule has 0 saturated carbocycles. The smallest absolute Gasteiger partial charge is 0.261 e. The van der Waals surface area contributed by atoms with E-state index in [4.69, 9.17) is 0 Å². The lowest BCUT2D eigenvalue weighted by molar-refractivity contribution is -0.118. The van der Waals surface area contributed by atoms with Crippen LogP contribution in [0.3, 0.4) is 0 Å². The van der Waals surface area contributed by atoms with Crippen molar-refractivity contribution < 1.29 is 22.0 Å². The molecule has 0 heterocycles. The summed E-state index contributed by atoms with van der Waals surface area (Å²) in [6.07, 6.45) is 1.80. The highest BCUT2D eigenvalue weighted by atomic mass is 32.2. The Kier molecular flexibility index (Phi) is 6.25. The molecule has 0 aromatic heterocycles. The number of sulfonamides is 1. The molecule has 5 nitrogen and oxygen atoms in total. The Bertz CT molecular complexity index is 932. The molecular weight excluding hydrogens is 382 g/mol. The first-order valence-corrected chi connectivity index (χ1v) is 10.3. The predicted octanol–water partition coefficient (Wildman–Crippen LogP) is 4.08. The van der Waals surface area contributed by atoms with E-state index >= 15 is 0 Å². The average molecular weight is 400 g/mol. The summed E-state index contributed by atoms with van der Waals surface area (Å²) in [7, 11) is -4.05. The zero-order chi connectivity index (χ0) is 19.5. The minimum atomic E-state index is -4.05. The third-order valence-electron chi connectivity index (χ3n) is 3.44. The molecule has 0 bridgehead atoms. The molecule has 2 rings (SSSR count). The van der Waals surface area contributed by atoms with Gasteiger partial charge >= 0.3 is 0 Å². The molecule has 0 radical (unpaired) electrons. The summed E-state index contributed by atoms with van der Waals surface area (Å²) in [4.78, 5) is 12.5. The minimum Gasteiger partial charge on any atom is -0.325 e. The highest BCUT2D eigenvalue weighted by Gasteiger charge is 2.18. The molecule has 9 heteroatoms. The van der Waals surface area contributed by atoms with Gasteiger partial charge in [-0.15, -0.1) is 11.8 Å². The Hall–Kier alpha value is -2.13. The summed E-state index contributed by atoms with van der Waals surface area (Å²) in [5.74, 6) is -2.75. The largest absolute Gasteiger partial charge is 0.325 e. The third kappa shape index (κ3) is 4.73. The molecule has 2 N–H and O–H groups in total. The summed E-state index contributed by atoms with van der Waals surface area (Å²) in [5.41, 5.74) is 0.259. The molecular formula is C17H18F2N2O3S2. The van der Waals surface area contributed by atoms with Crippen molar-refractivity contribution in [3.05, 3.63) is 48.0 Å². The summed E-state index contributed by atoms with van der Waals surface area (Å²) in [6.45, 7) is 3.44. The van der Waals surface area contributed by atoms with Gasteiger partial charge in [-0.05, 0) is 36.6 Å². The number of benzene rings is 2. The Labute approximate surface area is 155 Å². The SMILES string of the molecule is CSc1ccc(S(=O)(=O)Nc2ccc(F)c(F)c2)cc1NC(=O)C(C)C. The lowest BCUT2D eigenvalue weighted by Gasteiger charge is -2.14. The number of thioether (sulfide) groups is 1. The average Bonchev–Trinajstić information content (AvgIpc) is 2.57. The van der Waals surface area contributed by atoms with Gasteiger partial charge in [-0.2, -0.15) is 0 Å². The zero-order valence-corrected chi connectivity index (χ0v) is 16.0. The fraction of sp³-hybridized carbons (Fsp3) is 0.235. The minimum absolute atomic E-state index is 0.106. The van der Waals surface area contributed by atoms with Gasteiger partial charge in [0.15, 0.2) is 11.6 Å². The molecule has 0 aliphatic heterocycles. The molecule has 2 aromatic rings. The lowest BCUT2D eigenvalue weighted by Crippen LogP contribution is -2.19. The number of hydrogen-bond donors (Lipinski definition) is 2. The molecule has 140 valence electrons. The highest BCUT2D eigenvalue weighted by molar-refractivity contribution is 7.98. The Morgan fingerprint density at radius 1 is 1.08 bits per heavy atom. The standard InChI is InChI=1S/C17H18F2N2O3S2/c1-10(2)17(22)20-15-9-12(5-7-16(15)25-3)26(23,24)21-11-4-6-13(18)14(19)8-11/h4-10,21H,1-3H3,(H,20,22). The van der Waals surface area contributed by atoms with Gasteiger partial charge in [0.05, 0.1) is 16.3 Å². The van der Waals surface area contributed by atoms with E-state index in [9.17, 15) is 22.0 Å². The molecule has 0 fully saturated rings. The van der Waals surface area contributed by atoms with Crippen LogP contribution in [0.5, 0.6) is 0 Å². The van der Waals surface area contributed by atoms with E-state index in [1.165, 1.54) is 23.9 Å². The molecule has 0 atom stereocenters. The molecule has 0 aliphatic carbocycles. The maximum atomic E-state index is 13.3. The van der Waals surface area contributed by atoms with Crippen LogP contribution in [-0.4, -0.2) is 20.6 Å². The number of carbonyl (C=O) groups is 1. The van der Waals surface area contributed by atoms with Crippen molar-refractivity contribution in [1.82, 2.24) is 0 Å². The number of amides is 1. The molecule has 0 unspecified atom stereocenters. The van der Waals surface area contributed by atoms with Gasteiger partial charge in [0.2, 0.25) is 5.91 Å². The Balaban J connectivity index is 2.36. The second kappa shape index (κ2) is 8.05. The maximum absolute atomic E-state index is 13.3. The van der Waals surface area contributed by atoms with Crippen molar-refractivity contribution >= 4 is 39.1 Å². The maximum Gasteiger partial charge on any atom is 0.261 e. The normalized spacial score (nSPS) is 11.5. The molecule has 2 aromatic carbocycles. The van der Waals surface area contributed by atoms with Crippen LogP contribution in [0.15, 0.2) is 46.2 Å². The summed E-state index contributed by atoms with van der Waals surface area (Å²) < 4.78 is 53.5. The van der Waals surface area contributed by atoms with Gasteiger partial charge in [0.25, 0.3) is 10.0 Å². The fourth-order valence-electron chi connectivity index (χ4n) is 2.00. The predicted molar refractivity (Wildman–Crippen MR) is 98.9 cm³/mol. The summed E-state index contributed by atoms with van der Waals surface area (Å²) in [5, 5.41) is 2.69. The summed E-state index contributed by atoms with van der Waals surface area (Å²) >= 11 is 1.35. The molecule has 1 amide bonds. The van der Waals surface area contributed by atoms with Gasteiger partial charge < -0.3 is 5.32 Å². The lowest BCUT2D eigenvalue weighted by atomic mass is 10.2. The zero-order valence-electron chi connectivity index (χ0n) is 14.3. The van der Waals surface area contributed by atoms with E-state index in [1.54, 1.807) is 26.2 Å². The number of anilines is 2. The van der Waals surface area contributed by atoms with Crippen LogP contribution in [0.4, 0.5) is 20.2 Å². The Morgan fingerprint density at radius 3 is 2.35 bits per heavy atom. The number of rotatable bonds is 6. The van der Waals surface area contributed by atoms with Crippen LogP contribution in [0, 0.1) is 17.6 Å². The van der Waals surface area contributed by atoms with Crippen molar-refractivity contribution in [3.63, 3.8) is 0 Å². The second-order valence-corrected chi connectivity index (χ2v) is 8.27. The van der Waals surface area contributed by atoms with E-state index in [1.807, 2.05) is 0 Å². The van der Waals surface area contributed by atoms with Crippen LogP contribution in [0.2, 0.25) is 0 Å². The van der Waals surface area contributed by atoms with Crippen molar-refractivity contribution in [2.24, 2.45) is 5.92 Å². The van der Waals surface area contributed by atoms with Crippen LogP contribution in [0.1, 0.15) is 13.8 Å². The fourth-order valence-corrected chi connectivity index (χ4v) is 3.61. The number of halogens is 2. The second-order valence-electron chi connectivity index (χ2n) is 5.74. The highest BCUT2D eigenvalue weighted by Crippen LogP contribution is 2.29. The van der Waals surface area contributed by atoms with Gasteiger partial charge in [0.1, 0.15) is 0 Å². The molecule has 0 saturated heterocycles. The quantitative estimate of drug-likeness (QED) is 0.717. The van der Waals surface area contributed by atoms with Crippen LogP contribution in [-0.2, 0) is 14.8 Å². The number of hydrogen-bond acceptors (Lipinski definition) is 4.